The molecule has 2 aliphatic carbocycles. The maximum absolute atomic E-state index is 12.6. The summed E-state index contributed by atoms with van der Waals surface area (Å²) in [6, 6.07) is 0.611. The van der Waals surface area contributed by atoms with Crippen LogP contribution in [0.2, 0.25) is 0 Å². The van der Waals surface area contributed by atoms with Crippen LogP contribution < -0.4 is 10.6 Å². The quantitative estimate of drug-likeness (QED) is 0.360. The van der Waals surface area contributed by atoms with Gasteiger partial charge in [-0.1, -0.05) is 26.7 Å². The van der Waals surface area contributed by atoms with Crippen LogP contribution in [0.25, 0.3) is 0 Å². The fourth-order valence-corrected chi connectivity index (χ4v) is 4.76. The third-order valence-electron chi connectivity index (χ3n) is 7.36. The minimum absolute atomic E-state index is 0. The van der Waals surface area contributed by atoms with Crippen molar-refractivity contribution in [3.05, 3.63) is 0 Å². The topological polar surface area (TPSA) is 66.0 Å². The lowest BCUT2D eigenvalue weighted by atomic mass is 9.56. The second kappa shape index (κ2) is 8.84. The third kappa shape index (κ3) is 4.38. The van der Waals surface area contributed by atoms with Crippen LogP contribution in [0.15, 0.2) is 4.99 Å². The molecule has 0 bridgehead atoms. The average molecular weight is 492 g/mol. The van der Waals surface area contributed by atoms with Gasteiger partial charge in [-0.15, -0.1) is 24.0 Å². The Kier molecular flexibility index (Phi) is 7.44. The Hall–Kier alpha value is -0.570. The van der Waals surface area contributed by atoms with Gasteiger partial charge in [-0.25, -0.2) is 0 Å². The van der Waals surface area contributed by atoms with Crippen molar-refractivity contribution >= 4 is 35.8 Å². The minimum Gasteiger partial charge on any atom is -0.378 e. The summed E-state index contributed by atoms with van der Waals surface area (Å²) in [4.78, 5) is 19.1. The number of amides is 1. The van der Waals surface area contributed by atoms with E-state index in [1.165, 1.54) is 12.8 Å². The Morgan fingerprint density at radius 3 is 2.37 bits per heavy atom. The van der Waals surface area contributed by atoms with Gasteiger partial charge in [0.1, 0.15) is 0 Å². The number of hydrogen-bond acceptors (Lipinski definition) is 3. The van der Waals surface area contributed by atoms with Crippen LogP contribution in [0.5, 0.6) is 0 Å². The molecule has 0 radical (unpaired) electrons. The number of aliphatic imine (C=N–C) groups is 1. The summed E-state index contributed by atoms with van der Waals surface area (Å²) in [6.45, 7) is 8.30. The summed E-state index contributed by atoms with van der Waals surface area (Å²) >= 11 is 0. The molecule has 3 aliphatic rings. The fraction of sp³-hybridized carbons (Fsp3) is 0.900. The van der Waals surface area contributed by atoms with Crippen molar-refractivity contribution in [2.24, 2.45) is 16.3 Å². The first-order valence-corrected chi connectivity index (χ1v) is 10.1. The molecule has 3 unspecified atom stereocenters. The molecule has 2 saturated carbocycles. The van der Waals surface area contributed by atoms with E-state index in [4.69, 9.17) is 4.74 Å². The van der Waals surface area contributed by atoms with E-state index in [0.717, 1.165) is 44.7 Å². The van der Waals surface area contributed by atoms with Crippen molar-refractivity contribution in [1.82, 2.24) is 15.5 Å². The summed E-state index contributed by atoms with van der Waals surface area (Å²) in [7, 11) is 3.60. The van der Waals surface area contributed by atoms with Crippen molar-refractivity contribution in [2.75, 3.05) is 27.2 Å². The smallest absolute Gasteiger partial charge is 0.225 e. The number of halogens is 1. The molecule has 0 aromatic carbocycles. The van der Waals surface area contributed by atoms with Gasteiger partial charge in [0.2, 0.25) is 5.91 Å². The number of nitrogens with one attached hydrogen (secondary N) is 2. The lowest BCUT2D eigenvalue weighted by Gasteiger charge is -2.59. The molecular formula is C20H37IN4O2. The van der Waals surface area contributed by atoms with Gasteiger partial charge in [0, 0.05) is 50.7 Å². The largest absolute Gasteiger partial charge is 0.378 e. The zero-order valence-corrected chi connectivity index (χ0v) is 19.8. The van der Waals surface area contributed by atoms with E-state index in [1.54, 1.807) is 7.11 Å². The van der Waals surface area contributed by atoms with Crippen molar-refractivity contribution < 1.29 is 9.53 Å². The van der Waals surface area contributed by atoms with Crippen LogP contribution in [0.1, 0.15) is 59.3 Å². The Morgan fingerprint density at radius 1 is 1.15 bits per heavy atom. The van der Waals surface area contributed by atoms with Crippen LogP contribution in [0, 0.1) is 11.3 Å². The molecule has 1 heterocycles. The monoisotopic (exact) mass is 492 g/mol. The second-order valence-electron chi connectivity index (χ2n) is 9.03. The number of nitrogens with zero attached hydrogens (tertiary/aromatic N) is 2. The Balaban J connectivity index is 0.00000261. The van der Waals surface area contributed by atoms with E-state index in [1.807, 2.05) is 7.05 Å². The molecule has 0 aromatic heterocycles. The van der Waals surface area contributed by atoms with E-state index in [2.05, 4.69) is 41.3 Å². The lowest BCUT2D eigenvalue weighted by Crippen LogP contribution is -2.69. The van der Waals surface area contributed by atoms with Crippen LogP contribution in [-0.4, -0.2) is 61.7 Å². The Bertz CT molecular complexity index is 562. The minimum atomic E-state index is -0.0959. The highest BCUT2D eigenvalue weighted by Crippen LogP contribution is 2.51. The number of methoxy groups -OCH3 is 1. The number of carbonyl (C=O) groups excluding carboxylic acids is 1. The van der Waals surface area contributed by atoms with Gasteiger partial charge in [-0.05, 0) is 32.6 Å². The number of guanidine groups is 1. The molecule has 7 heteroatoms. The molecule has 3 fully saturated rings. The molecule has 3 rings (SSSR count). The highest BCUT2D eigenvalue weighted by Gasteiger charge is 2.58. The first-order chi connectivity index (χ1) is 12.3. The predicted octanol–water partition coefficient (Wildman–Crippen LogP) is 2.76. The maximum Gasteiger partial charge on any atom is 0.225 e. The van der Waals surface area contributed by atoms with Gasteiger partial charge >= 0.3 is 0 Å². The zero-order chi connectivity index (χ0) is 18.9. The number of ether oxygens (including phenoxy) is 1. The van der Waals surface area contributed by atoms with Crippen molar-refractivity contribution in [1.29, 1.82) is 0 Å². The standard InChI is InChI=1S/C20H36N4O2.HI/c1-19(2)16(12-20(19,3)26-5)23-18(21-4)22-15-10-11-24(13-15)17(25)14-8-6-7-9-14;/h14-16H,6-13H2,1-5H3,(H2,21,22,23);1H. The molecule has 27 heavy (non-hydrogen) atoms. The first-order valence-electron chi connectivity index (χ1n) is 10.1. The average Bonchev–Trinajstić information content (AvgIpc) is 3.31. The van der Waals surface area contributed by atoms with Crippen molar-refractivity contribution in [3.63, 3.8) is 0 Å². The highest BCUT2D eigenvalue weighted by molar-refractivity contribution is 14.0. The van der Waals surface area contributed by atoms with Crippen molar-refractivity contribution in [3.8, 4) is 0 Å². The molecule has 0 aromatic rings. The molecule has 156 valence electrons. The first kappa shape index (κ1) is 22.7. The van der Waals surface area contributed by atoms with Crippen molar-refractivity contribution in [2.45, 2.75) is 77.0 Å². The van der Waals surface area contributed by atoms with Crippen LogP contribution in [0.4, 0.5) is 0 Å². The van der Waals surface area contributed by atoms with Crippen LogP contribution in [0.3, 0.4) is 0 Å². The molecule has 1 saturated heterocycles. The van der Waals surface area contributed by atoms with Gasteiger partial charge in [0.25, 0.3) is 0 Å². The molecular weight excluding hydrogens is 455 g/mol. The number of hydrogen-bond donors (Lipinski definition) is 2. The highest BCUT2D eigenvalue weighted by atomic mass is 127. The predicted molar refractivity (Wildman–Crippen MR) is 120 cm³/mol. The molecule has 1 aliphatic heterocycles. The third-order valence-corrected chi connectivity index (χ3v) is 7.36. The molecule has 6 nitrogen and oxygen atoms in total. The lowest BCUT2D eigenvalue weighted by molar-refractivity contribution is -0.176. The number of carbonyl (C=O) groups is 1. The van der Waals surface area contributed by atoms with Crippen LogP contribution >= 0.6 is 24.0 Å². The van der Waals surface area contributed by atoms with Gasteiger partial charge < -0.3 is 20.3 Å². The van der Waals surface area contributed by atoms with E-state index >= 15 is 0 Å². The Labute approximate surface area is 181 Å². The molecule has 1 amide bonds. The van der Waals surface area contributed by atoms with Crippen LogP contribution in [-0.2, 0) is 9.53 Å². The summed E-state index contributed by atoms with van der Waals surface area (Å²) in [5.41, 5.74) is -0.0547. The Morgan fingerprint density at radius 2 is 1.81 bits per heavy atom. The summed E-state index contributed by atoms with van der Waals surface area (Å²) in [5.74, 6) is 1.47. The molecule has 2 N–H and O–H groups in total. The summed E-state index contributed by atoms with van der Waals surface area (Å²) in [5, 5.41) is 7.09. The molecule has 0 spiro atoms. The number of likely N-dealkylation sites (tertiary alicyclic amines) is 1. The number of rotatable bonds is 4. The normalized spacial score (nSPS) is 33.4. The summed E-state index contributed by atoms with van der Waals surface area (Å²) < 4.78 is 5.71. The van der Waals surface area contributed by atoms with Gasteiger partial charge in [-0.3, -0.25) is 9.79 Å². The van der Waals surface area contributed by atoms with Gasteiger partial charge in [0.15, 0.2) is 5.96 Å². The maximum atomic E-state index is 12.6. The van der Waals surface area contributed by atoms with Gasteiger partial charge in [0.05, 0.1) is 5.60 Å². The van der Waals surface area contributed by atoms with Gasteiger partial charge in [-0.2, -0.15) is 0 Å². The van der Waals surface area contributed by atoms with E-state index in [0.29, 0.717) is 11.9 Å². The second-order valence-corrected chi connectivity index (χ2v) is 9.03. The SMILES string of the molecule is CN=C(NC1CCN(C(=O)C2CCCC2)C1)NC1CC(C)(OC)C1(C)C.I. The summed E-state index contributed by atoms with van der Waals surface area (Å²) in [6.07, 6.45) is 6.52. The van der Waals surface area contributed by atoms with E-state index in [-0.39, 0.29) is 47.0 Å². The van der Waals surface area contributed by atoms with E-state index < -0.39 is 0 Å². The van der Waals surface area contributed by atoms with E-state index in [9.17, 15) is 4.79 Å². The molecule has 3 atom stereocenters. The fourth-order valence-electron chi connectivity index (χ4n) is 4.76. The zero-order valence-electron chi connectivity index (χ0n) is 17.5.